The zero-order valence-corrected chi connectivity index (χ0v) is 19.0. The molecule has 176 valence electrons. The number of pyridine rings is 1. The van der Waals surface area contributed by atoms with Gasteiger partial charge >= 0.3 is 0 Å². The number of piperidine rings is 1. The maximum Gasteiger partial charge on any atom is 0.255 e. The van der Waals surface area contributed by atoms with Gasteiger partial charge in [0.2, 0.25) is 11.8 Å². The van der Waals surface area contributed by atoms with Crippen LogP contribution in [0.4, 0.5) is 0 Å². The molecule has 8 heteroatoms. The minimum atomic E-state index is -0.596. The summed E-state index contributed by atoms with van der Waals surface area (Å²) in [5, 5.41) is 2.35. The number of benzene rings is 1. The highest BCUT2D eigenvalue weighted by Gasteiger charge is 2.41. The number of nitrogens with zero attached hydrogens (tertiary/aromatic N) is 3. The topological polar surface area (TPSA) is 91.8 Å². The second-order valence-corrected chi connectivity index (χ2v) is 9.80. The van der Waals surface area contributed by atoms with Crippen molar-refractivity contribution in [1.82, 2.24) is 20.1 Å². The quantitative estimate of drug-likeness (QED) is 0.688. The molecule has 34 heavy (non-hydrogen) atoms. The van der Waals surface area contributed by atoms with E-state index in [1.807, 2.05) is 30.6 Å². The van der Waals surface area contributed by atoms with Crippen LogP contribution in [0.5, 0.6) is 5.75 Å². The maximum absolute atomic E-state index is 12.9. The molecule has 3 amide bonds. The summed E-state index contributed by atoms with van der Waals surface area (Å²) in [6.45, 7) is 2.47. The molecule has 3 fully saturated rings. The highest BCUT2D eigenvalue weighted by Crippen LogP contribution is 2.37. The van der Waals surface area contributed by atoms with E-state index in [9.17, 15) is 14.4 Å². The second kappa shape index (κ2) is 8.51. The lowest BCUT2D eigenvalue weighted by atomic mass is 9.90. The number of hydrogen-bond acceptors (Lipinski definition) is 6. The number of carbonyl (C=O) groups excluding carboxylic acids is 3. The molecule has 0 bridgehead atoms. The monoisotopic (exact) mass is 460 g/mol. The maximum atomic E-state index is 12.9. The first-order valence-electron chi connectivity index (χ1n) is 12.1. The van der Waals surface area contributed by atoms with Crippen LogP contribution in [0.3, 0.4) is 0 Å². The van der Waals surface area contributed by atoms with Gasteiger partial charge in [-0.15, -0.1) is 0 Å². The van der Waals surface area contributed by atoms with Gasteiger partial charge in [0.05, 0.1) is 0 Å². The molecular formula is C26H28N4O4. The molecule has 0 spiro atoms. The predicted octanol–water partition coefficient (Wildman–Crippen LogP) is 2.24. The SMILES string of the molecule is O=C1CCC(N2Cc3cc(O[C@H]4CCC[C@H]4N4CC(c5ccncc5)C4)ccc3C2=O)C(=O)N1. The molecule has 1 aliphatic carbocycles. The number of imide groups is 1. The normalized spacial score (nSPS) is 27.5. The smallest absolute Gasteiger partial charge is 0.255 e. The Morgan fingerprint density at radius 3 is 2.62 bits per heavy atom. The number of hydrogen-bond donors (Lipinski definition) is 1. The van der Waals surface area contributed by atoms with E-state index in [1.54, 1.807) is 4.90 Å². The van der Waals surface area contributed by atoms with Crippen molar-refractivity contribution in [3.05, 3.63) is 59.4 Å². The fourth-order valence-electron chi connectivity index (χ4n) is 5.89. The molecule has 3 atom stereocenters. The van der Waals surface area contributed by atoms with E-state index in [0.717, 1.165) is 43.7 Å². The molecule has 8 nitrogen and oxygen atoms in total. The number of amides is 3. The molecule has 4 aliphatic rings. The zero-order chi connectivity index (χ0) is 23.2. The molecule has 4 heterocycles. The Morgan fingerprint density at radius 1 is 1.00 bits per heavy atom. The Bertz CT molecular complexity index is 1130. The van der Waals surface area contributed by atoms with Gasteiger partial charge in [-0.1, -0.05) is 0 Å². The van der Waals surface area contributed by atoms with Gasteiger partial charge in [-0.05, 0) is 67.1 Å². The van der Waals surface area contributed by atoms with Gasteiger partial charge in [-0.2, -0.15) is 0 Å². The van der Waals surface area contributed by atoms with Gasteiger partial charge < -0.3 is 9.64 Å². The number of likely N-dealkylation sites (tertiary alicyclic amines) is 1. The van der Waals surface area contributed by atoms with Gasteiger partial charge in [0.25, 0.3) is 5.91 Å². The molecule has 0 radical (unpaired) electrons. The molecule has 1 saturated carbocycles. The van der Waals surface area contributed by atoms with Crippen LogP contribution in [-0.4, -0.2) is 63.8 Å². The summed E-state index contributed by atoms with van der Waals surface area (Å²) < 4.78 is 6.46. The number of ether oxygens (including phenoxy) is 1. The van der Waals surface area contributed by atoms with Gasteiger partial charge in [0.15, 0.2) is 0 Å². The average molecular weight is 461 g/mol. The minimum absolute atomic E-state index is 0.139. The highest BCUT2D eigenvalue weighted by atomic mass is 16.5. The summed E-state index contributed by atoms with van der Waals surface area (Å²) >= 11 is 0. The van der Waals surface area contributed by atoms with E-state index < -0.39 is 6.04 Å². The molecule has 1 N–H and O–H groups in total. The Balaban J connectivity index is 1.11. The lowest BCUT2D eigenvalue weighted by Crippen LogP contribution is -2.54. The standard InChI is InChI=1S/C26H28N4O4/c31-24-7-6-22(25(32)28-24)30-15-17-12-19(4-5-20(17)26(30)33)34-23-3-1-2-21(23)29-13-18(14-29)16-8-10-27-11-9-16/h4-5,8-12,18,21-23H,1-3,6-7,13-15H2,(H,28,31,32)/t21-,22?,23+/m1/s1. The molecule has 6 rings (SSSR count). The fourth-order valence-corrected chi connectivity index (χ4v) is 5.89. The minimum Gasteiger partial charge on any atom is -0.489 e. The van der Waals surface area contributed by atoms with Crippen molar-refractivity contribution in [1.29, 1.82) is 0 Å². The van der Waals surface area contributed by atoms with Crippen LogP contribution in [-0.2, 0) is 16.1 Å². The lowest BCUT2D eigenvalue weighted by Gasteiger charge is -2.45. The van der Waals surface area contributed by atoms with Crippen molar-refractivity contribution < 1.29 is 19.1 Å². The average Bonchev–Trinajstić information content (AvgIpc) is 3.38. The van der Waals surface area contributed by atoms with Crippen molar-refractivity contribution >= 4 is 17.7 Å². The van der Waals surface area contributed by atoms with Crippen LogP contribution in [0.15, 0.2) is 42.7 Å². The third-order valence-corrected chi connectivity index (χ3v) is 7.76. The predicted molar refractivity (Wildman–Crippen MR) is 123 cm³/mol. The van der Waals surface area contributed by atoms with Crippen LogP contribution >= 0.6 is 0 Å². The van der Waals surface area contributed by atoms with Crippen molar-refractivity contribution in [2.24, 2.45) is 0 Å². The van der Waals surface area contributed by atoms with Crippen LogP contribution in [0, 0.1) is 0 Å². The summed E-state index contributed by atoms with van der Waals surface area (Å²) in [6, 6.07) is 9.66. The second-order valence-electron chi connectivity index (χ2n) is 9.80. The first kappa shape index (κ1) is 21.3. The zero-order valence-electron chi connectivity index (χ0n) is 19.0. The van der Waals surface area contributed by atoms with E-state index in [0.29, 0.717) is 30.5 Å². The van der Waals surface area contributed by atoms with Gasteiger partial charge in [-0.3, -0.25) is 29.6 Å². The van der Waals surface area contributed by atoms with Crippen molar-refractivity contribution in [2.75, 3.05) is 13.1 Å². The van der Waals surface area contributed by atoms with E-state index >= 15 is 0 Å². The van der Waals surface area contributed by atoms with Crippen LogP contribution in [0.25, 0.3) is 0 Å². The van der Waals surface area contributed by atoms with Crippen molar-refractivity contribution in [2.45, 2.75) is 62.8 Å². The number of aromatic nitrogens is 1. The first-order valence-corrected chi connectivity index (χ1v) is 12.1. The number of fused-ring (bicyclic) bond motifs is 1. The summed E-state index contributed by atoms with van der Waals surface area (Å²) in [5.41, 5.74) is 2.84. The number of carbonyl (C=O) groups is 3. The molecule has 1 unspecified atom stereocenters. The van der Waals surface area contributed by atoms with Gasteiger partial charge in [-0.25, -0.2) is 0 Å². The Kier molecular flexibility index (Phi) is 5.32. The summed E-state index contributed by atoms with van der Waals surface area (Å²) in [7, 11) is 0. The third kappa shape index (κ3) is 3.76. The molecule has 2 aromatic rings. The van der Waals surface area contributed by atoms with Crippen LogP contribution in [0.1, 0.15) is 59.5 Å². The third-order valence-electron chi connectivity index (χ3n) is 7.76. The Morgan fingerprint density at radius 2 is 1.82 bits per heavy atom. The molecule has 1 aromatic carbocycles. The first-order chi connectivity index (χ1) is 16.6. The number of rotatable bonds is 5. The van der Waals surface area contributed by atoms with Gasteiger partial charge in [0.1, 0.15) is 17.9 Å². The van der Waals surface area contributed by atoms with Crippen LogP contribution < -0.4 is 10.1 Å². The van der Waals surface area contributed by atoms with Gasteiger partial charge in [0, 0.05) is 56.0 Å². The summed E-state index contributed by atoms with van der Waals surface area (Å²) in [5.74, 6) is 0.523. The summed E-state index contributed by atoms with van der Waals surface area (Å²) in [4.78, 5) is 44.9. The van der Waals surface area contributed by atoms with Crippen molar-refractivity contribution in [3.8, 4) is 5.75 Å². The number of nitrogens with one attached hydrogen (secondary N) is 1. The highest BCUT2D eigenvalue weighted by molar-refractivity contribution is 6.05. The molecular weight excluding hydrogens is 432 g/mol. The fraction of sp³-hybridized carbons (Fsp3) is 0.462. The summed E-state index contributed by atoms with van der Waals surface area (Å²) in [6.07, 6.45) is 7.80. The van der Waals surface area contributed by atoms with E-state index in [1.165, 1.54) is 5.56 Å². The largest absolute Gasteiger partial charge is 0.489 e. The molecule has 2 saturated heterocycles. The van der Waals surface area contributed by atoms with E-state index in [4.69, 9.17) is 4.74 Å². The van der Waals surface area contributed by atoms with E-state index in [2.05, 4.69) is 27.3 Å². The van der Waals surface area contributed by atoms with Crippen LogP contribution in [0.2, 0.25) is 0 Å². The lowest BCUT2D eigenvalue weighted by molar-refractivity contribution is -0.136. The molecule has 1 aromatic heterocycles. The Hall–Kier alpha value is -3.26. The molecule has 3 aliphatic heterocycles. The van der Waals surface area contributed by atoms with Crippen molar-refractivity contribution in [3.63, 3.8) is 0 Å². The Labute approximate surface area is 198 Å². The van der Waals surface area contributed by atoms with E-state index in [-0.39, 0.29) is 30.2 Å².